The molecule has 5 heteroatoms. The van der Waals surface area contributed by atoms with E-state index >= 15 is 0 Å². The number of aliphatic imine (C=N–C) groups is 1. The summed E-state index contributed by atoms with van der Waals surface area (Å²) in [5.41, 5.74) is 0.344. The van der Waals surface area contributed by atoms with Crippen LogP contribution in [0.1, 0.15) is 5.56 Å². The highest BCUT2D eigenvalue weighted by molar-refractivity contribution is 6.11. The van der Waals surface area contributed by atoms with Crippen molar-refractivity contribution in [1.82, 2.24) is 4.90 Å². The molecule has 0 atom stereocenters. The minimum absolute atomic E-state index is 0.00111. The van der Waals surface area contributed by atoms with Gasteiger partial charge in [-0.3, -0.25) is 0 Å². The monoisotopic (exact) mass is 234 g/mol. The molecule has 0 saturated heterocycles. The average molecular weight is 234 g/mol. The van der Waals surface area contributed by atoms with E-state index in [1.807, 2.05) is 0 Å². The maximum absolute atomic E-state index is 13.5. The second-order valence-electron chi connectivity index (χ2n) is 3.76. The number of ether oxygens (including phenoxy) is 1. The molecule has 88 valence electrons. The number of cyclic esters (lactones) is 1. The molecule has 1 aromatic carbocycles. The molecule has 17 heavy (non-hydrogen) atoms. The molecule has 1 aliphatic rings. The zero-order valence-electron chi connectivity index (χ0n) is 9.48. The lowest BCUT2D eigenvalue weighted by Crippen LogP contribution is -2.08. The van der Waals surface area contributed by atoms with Crippen LogP contribution in [0, 0.1) is 5.82 Å². The summed E-state index contributed by atoms with van der Waals surface area (Å²) >= 11 is 0. The number of hydrogen-bond donors (Lipinski definition) is 0. The highest BCUT2D eigenvalue weighted by atomic mass is 19.1. The molecule has 1 heterocycles. The fourth-order valence-electron chi connectivity index (χ4n) is 1.39. The third kappa shape index (κ3) is 2.33. The first kappa shape index (κ1) is 11.3. The van der Waals surface area contributed by atoms with E-state index in [2.05, 4.69) is 4.99 Å². The molecule has 0 spiro atoms. The first-order chi connectivity index (χ1) is 8.08. The van der Waals surface area contributed by atoms with Gasteiger partial charge in [0.2, 0.25) is 5.90 Å². The van der Waals surface area contributed by atoms with Gasteiger partial charge < -0.3 is 9.64 Å². The van der Waals surface area contributed by atoms with Crippen molar-refractivity contribution in [1.29, 1.82) is 0 Å². The summed E-state index contributed by atoms with van der Waals surface area (Å²) in [5.74, 6) is -1.04. The summed E-state index contributed by atoms with van der Waals surface area (Å²) in [4.78, 5) is 17.1. The van der Waals surface area contributed by atoms with Crippen LogP contribution in [-0.4, -0.2) is 30.9 Å². The number of rotatable bonds is 2. The second kappa shape index (κ2) is 4.37. The maximum Gasteiger partial charge on any atom is 0.365 e. The Morgan fingerprint density at radius 2 is 2.06 bits per heavy atom. The van der Waals surface area contributed by atoms with Gasteiger partial charge in [0.25, 0.3) is 0 Å². The van der Waals surface area contributed by atoms with E-state index < -0.39 is 11.8 Å². The van der Waals surface area contributed by atoms with Gasteiger partial charge in [0.15, 0.2) is 5.70 Å². The van der Waals surface area contributed by atoms with Crippen molar-refractivity contribution < 1.29 is 13.9 Å². The molecule has 0 saturated carbocycles. The van der Waals surface area contributed by atoms with Gasteiger partial charge in [-0.2, -0.15) is 0 Å². The summed E-state index contributed by atoms with van der Waals surface area (Å²) in [6.07, 6.45) is 1.52. The smallest absolute Gasteiger partial charge is 0.365 e. The lowest BCUT2D eigenvalue weighted by Gasteiger charge is -2.02. The van der Waals surface area contributed by atoms with Crippen LogP contribution >= 0.6 is 0 Å². The number of hydrogen-bond acceptors (Lipinski definition) is 4. The topological polar surface area (TPSA) is 41.9 Å². The quantitative estimate of drug-likeness (QED) is 0.575. The van der Waals surface area contributed by atoms with Gasteiger partial charge in [-0.25, -0.2) is 14.2 Å². The zero-order chi connectivity index (χ0) is 12.4. The molecule has 4 nitrogen and oxygen atoms in total. The number of carbonyl (C=O) groups is 1. The molecule has 0 aliphatic carbocycles. The average Bonchev–Trinajstić information content (AvgIpc) is 2.60. The normalized spacial score (nSPS) is 17.0. The Balaban J connectivity index is 2.37. The summed E-state index contributed by atoms with van der Waals surface area (Å²) in [7, 11) is 3.52. The maximum atomic E-state index is 13.5. The molecule has 0 N–H and O–H groups in total. The van der Waals surface area contributed by atoms with Crippen molar-refractivity contribution in [3.05, 3.63) is 47.5 Å². The van der Waals surface area contributed by atoms with Gasteiger partial charge in [-0.15, -0.1) is 0 Å². The molecular weight excluding hydrogens is 223 g/mol. The second-order valence-corrected chi connectivity index (χ2v) is 3.76. The van der Waals surface area contributed by atoms with Crippen LogP contribution in [0.5, 0.6) is 0 Å². The Bertz CT molecular complexity index is 521. The summed E-state index contributed by atoms with van der Waals surface area (Å²) < 4.78 is 18.4. The first-order valence-corrected chi connectivity index (χ1v) is 5.02. The summed E-state index contributed by atoms with van der Waals surface area (Å²) in [5, 5.41) is 0. The molecule has 0 bridgehead atoms. The number of carbonyl (C=O) groups excluding carboxylic acids is 1. The number of halogens is 1. The van der Waals surface area contributed by atoms with Crippen molar-refractivity contribution in [3.63, 3.8) is 0 Å². The Labute approximate surface area is 98.0 Å². The summed E-state index contributed by atoms with van der Waals surface area (Å²) in [6.45, 7) is 0. The minimum Gasteiger partial charge on any atom is -0.402 e. The lowest BCUT2D eigenvalue weighted by atomic mass is 10.2. The zero-order valence-corrected chi connectivity index (χ0v) is 9.48. The highest BCUT2D eigenvalue weighted by Crippen LogP contribution is 2.18. The molecule has 0 unspecified atom stereocenters. The molecule has 1 aromatic rings. The Morgan fingerprint density at radius 3 is 2.71 bits per heavy atom. The van der Waals surface area contributed by atoms with Crippen molar-refractivity contribution in [2.24, 2.45) is 4.99 Å². The highest BCUT2D eigenvalue weighted by Gasteiger charge is 2.25. The van der Waals surface area contributed by atoms with E-state index in [4.69, 9.17) is 4.74 Å². The van der Waals surface area contributed by atoms with E-state index in [1.165, 1.54) is 18.3 Å². The largest absolute Gasteiger partial charge is 0.402 e. The van der Waals surface area contributed by atoms with Gasteiger partial charge in [0, 0.05) is 20.3 Å². The Morgan fingerprint density at radius 1 is 1.35 bits per heavy atom. The molecule has 0 radical (unpaired) electrons. The number of esters is 1. The van der Waals surface area contributed by atoms with E-state index in [-0.39, 0.29) is 17.2 Å². The third-order valence-corrected chi connectivity index (χ3v) is 2.11. The van der Waals surface area contributed by atoms with Crippen LogP contribution in [0.3, 0.4) is 0 Å². The predicted octanol–water partition coefficient (Wildman–Crippen LogP) is 1.53. The first-order valence-electron chi connectivity index (χ1n) is 5.02. The standard InChI is InChI=1S/C12H11FN2O2/c1-15(2)7-10-12(16)17-11(14-10)8-5-3-4-6-9(8)13/h3-7H,1-2H3. The van der Waals surface area contributed by atoms with Crippen LogP contribution < -0.4 is 0 Å². The molecule has 2 rings (SSSR count). The van der Waals surface area contributed by atoms with Gasteiger partial charge in [-0.1, -0.05) is 12.1 Å². The van der Waals surface area contributed by atoms with Crippen LogP contribution in [0.4, 0.5) is 4.39 Å². The van der Waals surface area contributed by atoms with E-state index in [1.54, 1.807) is 31.1 Å². The molecule has 0 aromatic heterocycles. The van der Waals surface area contributed by atoms with Crippen LogP contribution in [0.2, 0.25) is 0 Å². The molecule has 0 amide bonds. The fraction of sp³-hybridized carbons (Fsp3) is 0.167. The number of nitrogens with zero attached hydrogens (tertiary/aromatic N) is 2. The van der Waals surface area contributed by atoms with Crippen LogP contribution in [-0.2, 0) is 9.53 Å². The predicted molar refractivity (Wildman–Crippen MR) is 60.8 cm³/mol. The SMILES string of the molecule is CN(C)C=C1N=C(c2ccccc2F)OC1=O. The van der Waals surface area contributed by atoms with Gasteiger partial charge in [-0.05, 0) is 12.1 Å². The van der Waals surface area contributed by atoms with Crippen LogP contribution in [0.25, 0.3) is 0 Å². The van der Waals surface area contributed by atoms with Crippen molar-refractivity contribution in [2.75, 3.05) is 14.1 Å². The summed E-state index contributed by atoms with van der Waals surface area (Å²) in [6, 6.07) is 6.02. The minimum atomic E-state index is -0.572. The van der Waals surface area contributed by atoms with E-state index in [0.717, 1.165) is 0 Å². The van der Waals surface area contributed by atoms with Gasteiger partial charge in [0.1, 0.15) is 5.82 Å². The van der Waals surface area contributed by atoms with Gasteiger partial charge >= 0.3 is 5.97 Å². The lowest BCUT2D eigenvalue weighted by molar-refractivity contribution is -0.130. The fourth-order valence-corrected chi connectivity index (χ4v) is 1.39. The Hall–Kier alpha value is -2.17. The Kier molecular flexibility index (Phi) is 2.91. The third-order valence-electron chi connectivity index (χ3n) is 2.11. The van der Waals surface area contributed by atoms with E-state index in [9.17, 15) is 9.18 Å². The molecule has 0 fully saturated rings. The van der Waals surface area contributed by atoms with Gasteiger partial charge in [0.05, 0.1) is 5.56 Å². The molecule has 1 aliphatic heterocycles. The molecular formula is C12H11FN2O2. The van der Waals surface area contributed by atoms with Crippen molar-refractivity contribution in [3.8, 4) is 0 Å². The van der Waals surface area contributed by atoms with E-state index in [0.29, 0.717) is 0 Å². The number of benzene rings is 1. The van der Waals surface area contributed by atoms with Crippen LogP contribution in [0.15, 0.2) is 41.2 Å². The van der Waals surface area contributed by atoms with Crippen molar-refractivity contribution >= 4 is 11.9 Å². The van der Waals surface area contributed by atoms with Crippen molar-refractivity contribution in [2.45, 2.75) is 0 Å².